The maximum atomic E-state index is 13.1. The van der Waals surface area contributed by atoms with Crippen LogP contribution in [-0.2, 0) is 0 Å². The van der Waals surface area contributed by atoms with Crippen LogP contribution >= 0.6 is 34.2 Å². The van der Waals surface area contributed by atoms with Crippen molar-refractivity contribution in [3.8, 4) is 0 Å². The number of anilines is 1. The molecule has 0 bridgehead atoms. The zero-order valence-electron chi connectivity index (χ0n) is 9.68. The minimum atomic E-state index is -1.61. The standard InChI is InChI=1S/C13H6ClF3INO/c14-7-1-2-11(10(18)5-7)19-13(20)6-3-8(15)12(17)9(16)4-6/h1-5H,(H,19,20). The molecule has 2 aromatic carbocycles. The second-order valence-electron chi connectivity index (χ2n) is 3.83. The third-order valence-corrected chi connectivity index (χ3v) is 3.55. The van der Waals surface area contributed by atoms with E-state index in [0.29, 0.717) is 26.4 Å². The summed E-state index contributed by atoms with van der Waals surface area (Å²) in [6.45, 7) is 0. The number of nitrogens with one attached hydrogen (secondary N) is 1. The van der Waals surface area contributed by atoms with Crippen molar-refractivity contribution in [3.63, 3.8) is 0 Å². The summed E-state index contributed by atoms with van der Waals surface area (Å²) in [5, 5.41) is 2.96. The van der Waals surface area contributed by atoms with Gasteiger partial charge in [-0.1, -0.05) is 11.6 Å². The Morgan fingerprint density at radius 3 is 2.25 bits per heavy atom. The molecule has 0 spiro atoms. The van der Waals surface area contributed by atoms with E-state index in [2.05, 4.69) is 5.32 Å². The highest BCUT2D eigenvalue weighted by atomic mass is 127. The van der Waals surface area contributed by atoms with E-state index < -0.39 is 23.4 Å². The lowest BCUT2D eigenvalue weighted by atomic mass is 10.2. The number of amides is 1. The Hall–Kier alpha value is -1.28. The summed E-state index contributed by atoms with van der Waals surface area (Å²) >= 11 is 7.72. The van der Waals surface area contributed by atoms with Crippen LogP contribution in [0.1, 0.15) is 10.4 Å². The number of halogens is 5. The monoisotopic (exact) mass is 411 g/mol. The molecule has 2 aromatic rings. The van der Waals surface area contributed by atoms with E-state index in [4.69, 9.17) is 11.6 Å². The molecule has 2 nitrogen and oxygen atoms in total. The fourth-order valence-electron chi connectivity index (χ4n) is 1.47. The van der Waals surface area contributed by atoms with Crippen LogP contribution in [0, 0.1) is 21.0 Å². The Bertz CT molecular complexity index is 670. The predicted octanol–water partition coefficient (Wildman–Crippen LogP) is 4.61. The first-order valence-corrected chi connectivity index (χ1v) is 6.75. The maximum absolute atomic E-state index is 13.1. The minimum absolute atomic E-state index is 0.313. The lowest BCUT2D eigenvalue weighted by Crippen LogP contribution is -2.14. The van der Waals surface area contributed by atoms with Gasteiger partial charge in [0.2, 0.25) is 0 Å². The van der Waals surface area contributed by atoms with Crippen molar-refractivity contribution in [2.24, 2.45) is 0 Å². The van der Waals surface area contributed by atoms with Crippen molar-refractivity contribution < 1.29 is 18.0 Å². The Labute approximate surface area is 131 Å². The van der Waals surface area contributed by atoms with Crippen LogP contribution in [0.5, 0.6) is 0 Å². The van der Waals surface area contributed by atoms with E-state index in [1.807, 2.05) is 22.6 Å². The Balaban J connectivity index is 2.28. The molecule has 0 fully saturated rings. The zero-order valence-corrected chi connectivity index (χ0v) is 12.6. The summed E-state index contributed by atoms with van der Waals surface area (Å²) in [5.74, 6) is -5.19. The van der Waals surface area contributed by atoms with E-state index in [0.717, 1.165) is 0 Å². The Morgan fingerprint density at radius 1 is 1.10 bits per heavy atom. The van der Waals surface area contributed by atoms with Gasteiger partial charge in [0.05, 0.1) is 5.69 Å². The molecule has 2 rings (SSSR count). The van der Waals surface area contributed by atoms with Gasteiger partial charge < -0.3 is 5.32 Å². The third-order valence-electron chi connectivity index (χ3n) is 2.43. The summed E-state index contributed by atoms with van der Waals surface area (Å²) in [6, 6.07) is 6.00. The van der Waals surface area contributed by atoms with Crippen molar-refractivity contribution >= 4 is 45.8 Å². The summed E-state index contributed by atoms with van der Waals surface area (Å²) in [4.78, 5) is 11.9. The predicted molar refractivity (Wildman–Crippen MR) is 78.4 cm³/mol. The first-order chi connectivity index (χ1) is 9.38. The molecular formula is C13H6ClF3INO. The molecular weight excluding hydrogens is 406 g/mol. The van der Waals surface area contributed by atoms with Gasteiger partial charge in [0.15, 0.2) is 17.5 Å². The highest BCUT2D eigenvalue weighted by molar-refractivity contribution is 14.1. The van der Waals surface area contributed by atoms with E-state index in [9.17, 15) is 18.0 Å². The highest BCUT2D eigenvalue weighted by Gasteiger charge is 2.15. The molecule has 0 saturated heterocycles. The first-order valence-electron chi connectivity index (χ1n) is 5.29. The third kappa shape index (κ3) is 3.24. The number of rotatable bonds is 2. The van der Waals surface area contributed by atoms with Gasteiger partial charge in [0.1, 0.15) is 0 Å². The van der Waals surface area contributed by atoms with Crippen molar-refractivity contribution in [2.45, 2.75) is 0 Å². The van der Waals surface area contributed by atoms with Crippen molar-refractivity contribution in [2.75, 3.05) is 5.32 Å². The van der Waals surface area contributed by atoms with Crippen LogP contribution in [0.3, 0.4) is 0 Å². The molecule has 0 aliphatic carbocycles. The molecule has 104 valence electrons. The van der Waals surface area contributed by atoms with Crippen molar-refractivity contribution in [3.05, 3.63) is 61.9 Å². The maximum Gasteiger partial charge on any atom is 0.255 e. The first kappa shape index (κ1) is 15.1. The summed E-state index contributed by atoms with van der Waals surface area (Å²) in [6.07, 6.45) is 0. The van der Waals surface area contributed by atoms with Crippen LogP contribution < -0.4 is 5.32 Å². The average molecular weight is 412 g/mol. The molecule has 0 atom stereocenters. The molecule has 20 heavy (non-hydrogen) atoms. The summed E-state index contributed by atoms with van der Waals surface area (Å²) in [7, 11) is 0. The van der Waals surface area contributed by atoms with Gasteiger partial charge in [-0.05, 0) is 52.9 Å². The number of hydrogen-bond acceptors (Lipinski definition) is 1. The lowest BCUT2D eigenvalue weighted by Gasteiger charge is -2.08. The number of hydrogen-bond donors (Lipinski definition) is 1. The molecule has 0 unspecified atom stereocenters. The van der Waals surface area contributed by atoms with Gasteiger partial charge >= 0.3 is 0 Å². The SMILES string of the molecule is O=C(Nc1ccc(Cl)cc1I)c1cc(F)c(F)c(F)c1. The summed E-state index contributed by atoms with van der Waals surface area (Å²) in [5.41, 5.74) is 0.122. The van der Waals surface area contributed by atoms with Gasteiger partial charge in [0, 0.05) is 14.2 Å². The smallest absolute Gasteiger partial charge is 0.255 e. The normalized spacial score (nSPS) is 10.4. The van der Waals surface area contributed by atoms with Crippen molar-refractivity contribution in [1.29, 1.82) is 0 Å². The molecule has 1 amide bonds. The fourth-order valence-corrected chi connectivity index (χ4v) is 2.48. The van der Waals surface area contributed by atoms with E-state index in [-0.39, 0.29) is 5.56 Å². The molecule has 0 saturated carbocycles. The van der Waals surface area contributed by atoms with Crippen LogP contribution in [0.25, 0.3) is 0 Å². The topological polar surface area (TPSA) is 29.1 Å². The van der Waals surface area contributed by atoms with Gasteiger partial charge in [-0.2, -0.15) is 0 Å². The molecule has 0 aliphatic heterocycles. The van der Waals surface area contributed by atoms with Crippen LogP contribution in [0.4, 0.5) is 18.9 Å². The van der Waals surface area contributed by atoms with Gasteiger partial charge in [-0.15, -0.1) is 0 Å². The minimum Gasteiger partial charge on any atom is -0.321 e. The molecule has 0 aliphatic rings. The molecule has 7 heteroatoms. The molecule has 0 aromatic heterocycles. The Kier molecular flexibility index (Phi) is 4.54. The van der Waals surface area contributed by atoms with E-state index >= 15 is 0 Å². The molecule has 0 heterocycles. The van der Waals surface area contributed by atoms with Crippen LogP contribution in [0.2, 0.25) is 5.02 Å². The number of carbonyl (C=O) groups is 1. The van der Waals surface area contributed by atoms with Crippen LogP contribution in [-0.4, -0.2) is 5.91 Å². The Morgan fingerprint density at radius 2 is 1.70 bits per heavy atom. The second kappa shape index (κ2) is 6.01. The van der Waals surface area contributed by atoms with E-state index in [1.54, 1.807) is 18.2 Å². The van der Waals surface area contributed by atoms with Crippen molar-refractivity contribution in [1.82, 2.24) is 0 Å². The second-order valence-corrected chi connectivity index (χ2v) is 5.43. The molecule has 1 N–H and O–H groups in total. The highest BCUT2D eigenvalue weighted by Crippen LogP contribution is 2.23. The largest absolute Gasteiger partial charge is 0.321 e. The number of benzene rings is 2. The average Bonchev–Trinajstić information content (AvgIpc) is 2.38. The van der Waals surface area contributed by atoms with Crippen LogP contribution in [0.15, 0.2) is 30.3 Å². The quantitative estimate of drug-likeness (QED) is 0.567. The van der Waals surface area contributed by atoms with Gasteiger partial charge in [-0.25, -0.2) is 13.2 Å². The van der Waals surface area contributed by atoms with E-state index in [1.165, 1.54) is 0 Å². The lowest BCUT2D eigenvalue weighted by molar-refractivity contribution is 0.102. The summed E-state index contributed by atoms with van der Waals surface area (Å²) < 4.78 is 39.6. The van der Waals surface area contributed by atoms with Gasteiger partial charge in [-0.3, -0.25) is 4.79 Å². The molecule has 0 radical (unpaired) electrons. The zero-order chi connectivity index (χ0) is 14.9. The van der Waals surface area contributed by atoms with Gasteiger partial charge in [0.25, 0.3) is 5.91 Å². The number of carbonyl (C=O) groups excluding carboxylic acids is 1. The fraction of sp³-hybridized carbons (Fsp3) is 0.